The molecule has 19 heteroatoms. The van der Waals surface area contributed by atoms with Crippen molar-refractivity contribution in [3.63, 3.8) is 0 Å². The molecule has 1 aliphatic carbocycles. The minimum atomic E-state index is -2.88. The smallest absolute Gasteiger partial charge is 0.284 e. The molecule has 3 amide bonds. The van der Waals surface area contributed by atoms with Gasteiger partial charge < -0.3 is 29.9 Å². The number of ether oxygens (including phenoxy) is 2. The van der Waals surface area contributed by atoms with Crippen LogP contribution in [0.3, 0.4) is 0 Å². The van der Waals surface area contributed by atoms with Crippen molar-refractivity contribution in [1.82, 2.24) is 34.6 Å². The zero-order chi connectivity index (χ0) is 42.5. The Bertz CT molecular complexity index is 2290. The van der Waals surface area contributed by atoms with Gasteiger partial charge >= 0.3 is 0 Å². The van der Waals surface area contributed by atoms with Gasteiger partial charge in [-0.05, 0) is 75.1 Å². The minimum absolute atomic E-state index is 0.0308. The van der Waals surface area contributed by atoms with Gasteiger partial charge in [0.15, 0.2) is 11.3 Å². The maximum Gasteiger partial charge on any atom is 0.284 e. The monoisotopic (exact) mass is 859 g/mol. The quantitative estimate of drug-likeness (QED) is 0.161. The number of imide groups is 1. The number of hydrogen-bond acceptors (Lipinski definition) is 12. The fourth-order valence-electron chi connectivity index (χ4n) is 10.1. The fraction of sp³-hybridized carbons (Fsp3) is 0.581. The molecular formula is C43H52F3N11O5. The predicted molar refractivity (Wildman–Crippen MR) is 222 cm³/mol. The molecule has 3 aromatic heterocycles. The number of anilines is 4. The number of halogens is 3. The number of piperidine rings is 2. The van der Waals surface area contributed by atoms with Gasteiger partial charge in [0.05, 0.1) is 49.4 Å². The highest BCUT2D eigenvalue weighted by molar-refractivity contribution is 6.08. The van der Waals surface area contributed by atoms with Gasteiger partial charge in [-0.2, -0.15) is 10.2 Å². The molecule has 4 aromatic rings. The van der Waals surface area contributed by atoms with Crippen LogP contribution in [-0.4, -0.2) is 130 Å². The average Bonchev–Trinajstić information content (AvgIpc) is 4.07. The molecule has 1 unspecified atom stereocenters. The normalized spacial score (nSPS) is 28.2. The Morgan fingerprint density at radius 1 is 1.02 bits per heavy atom. The van der Waals surface area contributed by atoms with Gasteiger partial charge in [0.25, 0.3) is 12.3 Å². The lowest BCUT2D eigenvalue weighted by Gasteiger charge is -2.43. The summed E-state index contributed by atoms with van der Waals surface area (Å²) in [6.45, 7) is 5.33. The van der Waals surface area contributed by atoms with Crippen LogP contribution in [0.2, 0.25) is 0 Å². The summed E-state index contributed by atoms with van der Waals surface area (Å²) in [6.07, 6.45) is 5.98. The third-order valence-corrected chi connectivity index (χ3v) is 13.6. The highest BCUT2D eigenvalue weighted by Gasteiger charge is 2.40. The molecule has 1 saturated carbocycles. The molecule has 62 heavy (non-hydrogen) atoms. The number of amides is 3. The number of nitrogens with zero attached hydrogens (tertiary/aromatic N) is 8. The van der Waals surface area contributed by atoms with Gasteiger partial charge in [-0.25, -0.2) is 22.7 Å². The molecule has 6 aliphatic rings. The Balaban J connectivity index is 0.667. The molecule has 0 radical (unpaired) electrons. The lowest BCUT2D eigenvalue weighted by Crippen LogP contribution is -2.51. The SMILES string of the molecule is O=C1CCC(Nc2cccc(N3CC(CO[C@H]4CCN(CC5CCC(n6cc(NC(=O)c7cnn8ccc(N9C[C@H]%10C[C@@H]9CO%10)nc78)c(C(F)F)n6)CC5)C[C@@H]4F)C3)c2)C(=O)N1. The van der Waals surface area contributed by atoms with E-state index in [1.165, 1.54) is 16.9 Å². The number of benzene rings is 1. The van der Waals surface area contributed by atoms with E-state index < -0.39 is 36.3 Å². The Morgan fingerprint density at radius 2 is 1.87 bits per heavy atom. The highest BCUT2D eigenvalue weighted by atomic mass is 19.3. The topological polar surface area (TPSA) is 163 Å². The van der Waals surface area contributed by atoms with E-state index in [1.807, 2.05) is 30.3 Å². The maximum absolute atomic E-state index is 15.5. The molecule has 1 aromatic carbocycles. The molecule has 5 atom stereocenters. The Kier molecular flexibility index (Phi) is 11.3. The Labute approximate surface area is 356 Å². The van der Waals surface area contributed by atoms with Crippen LogP contribution >= 0.6 is 0 Å². The summed E-state index contributed by atoms with van der Waals surface area (Å²) in [5.41, 5.74) is 1.87. The van der Waals surface area contributed by atoms with Gasteiger partial charge in [-0.3, -0.25) is 29.3 Å². The van der Waals surface area contributed by atoms with E-state index in [-0.39, 0.29) is 41.3 Å². The fourth-order valence-corrected chi connectivity index (χ4v) is 10.1. The number of alkyl halides is 3. The van der Waals surface area contributed by atoms with Crippen molar-refractivity contribution >= 4 is 46.2 Å². The molecule has 0 spiro atoms. The van der Waals surface area contributed by atoms with E-state index in [2.05, 4.69) is 40.8 Å². The number of carbonyl (C=O) groups is 3. The average molecular weight is 860 g/mol. The van der Waals surface area contributed by atoms with E-state index in [0.717, 1.165) is 82.0 Å². The largest absolute Gasteiger partial charge is 0.375 e. The van der Waals surface area contributed by atoms with Crippen molar-refractivity contribution in [3.05, 3.63) is 60.2 Å². The molecule has 6 fully saturated rings. The van der Waals surface area contributed by atoms with Crippen LogP contribution in [0.15, 0.2) is 48.9 Å². The first-order chi connectivity index (χ1) is 30.1. The van der Waals surface area contributed by atoms with Gasteiger partial charge in [0.1, 0.15) is 23.6 Å². The van der Waals surface area contributed by atoms with E-state index in [9.17, 15) is 23.2 Å². The molecule has 330 valence electrons. The van der Waals surface area contributed by atoms with E-state index in [4.69, 9.17) is 14.5 Å². The summed E-state index contributed by atoms with van der Waals surface area (Å²) in [5, 5.41) is 16.8. The second kappa shape index (κ2) is 17.1. The second-order valence-corrected chi connectivity index (χ2v) is 17.9. The lowest BCUT2D eigenvalue weighted by atomic mass is 9.85. The van der Waals surface area contributed by atoms with E-state index in [0.29, 0.717) is 56.5 Å². The molecule has 5 aliphatic heterocycles. The lowest BCUT2D eigenvalue weighted by molar-refractivity contribution is -0.133. The number of likely N-dealkylation sites (tertiary alicyclic amines) is 1. The number of aromatic nitrogens is 5. The van der Waals surface area contributed by atoms with Crippen LogP contribution in [0.4, 0.5) is 36.1 Å². The third kappa shape index (κ3) is 8.45. The molecule has 10 rings (SSSR count). The number of carbonyl (C=O) groups excluding carboxylic acids is 3. The highest BCUT2D eigenvalue weighted by Crippen LogP contribution is 2.37. The second-order valence-electron chi connectivity index (χ2n) is 17.9. The number of morpholine rings is 1. The van der Waals surface area contributed by atoms with Gasteiger partial charge in [-0.15, -0.1) is 0 Å². The Hall–Kier alpha value is -5.27. The van der Waals surface area contributed by atoms with Crippen molar-refractivity contribution in [3.8, 4) is 0 Å². The molecule has 16 nitrogen and oxygen atoms in total. The first-order valence-corrected chi connectivity index (χ1v) is 21.9. The van der Waals surface area contributed by atoms with Gasteiger partial charge in [-0.1, -0.05) is 6.07 Å². The summed E-state index contributed by atoms with van der Waals surface area (Å²) < 4.78 is 58.9. The molecule has 2 bridgehead atoms. The van der Waals surface area contributed by atoms with Crippen molar-refractivity contribution in [2.24, 2.45) is 11.8 Å². The summed E-state index contributed by atoms with van der Waals surface area (Å²) >= 11 is 0. The van der Waals surface area contributed by atoms with Crippen molar-refractivity contribution in [2.75, 3.05) is 72.9 Å². The molecule has 5 saturated heterocycles. The molecule has 3 N–H and O–H groups in total. The van der Waals surface area contributed by atoms with E-state index >= 15 is 4.39 Å². The third-order valence-electron chi connectivity index (χ3n) is 13.6. The van der Waals surface area contributed by atoms with Crippen LogP contribution in [0.1, 0.15) is 79.9 Å². The van der Waals surface area contributed by atoms with Crippen molar-refractivity contribution in [2.45, 2.75) is 94.3 Å². The van der Waals surface area contributed by atoms with E-state index in [1.54, 1.807) is 10.9 Å². The summed E-state index contributed by atoms with van der Waals surface area (Å²) in [5.74, 6) is 0.249. The van der Waals surface area contributed by atoms with Crippen molar-refractivity contribution in [1.29, 1.82) is 0 Å². The van der Waals surface area contributed by atoms with Crippen LogP contribution < -0.4 is 25.8 Å². The summed E-state index contributed by atoms with van der Waals surface area (Å²) in [4.78, 5) is 48.5. The zero-order valence-corrected chi connectivity index (χ0v) is 34.4. The number of rotatable bonds is 13. The van der Waals surface area contributed by atoms with Crippen LogP contribution in [-0.2, 0) is 19.1 Å². The van der Waals surface area contributed by atoms with Gasteiger partial charge in [0.2, 0.25) is 11.8 Å². The standard InChI is InChI=1S/C43H52F3N11O5/c44-33-21-53(12-10-36(33)62-23-26-18-54(19-26)29-3-1-2-27(14-29)48-34-8-9-38(58)51-43(34)60)17-25-4-6-28(7-5-25)57-22-35(39(52-57)40(45)46)49-42(59)32-16-47-56-13-11-37(50-41(32)56)55-20-31-15-30(55)24-61-31/h1-3,11,13-14,16,22,25-26,28,30-31,33-34,36,40,48H,4-10,12,15,17-21,23-24H2,(H,49,59)(H,51,58,60)/t25?,28?,30-,31-,33+,34?,36+/m1/s1. The minimum Gasteiger partial charge on any atom is -0.375 e. The first kappa shape index (κ1) is 40.8. The van der Waals surface area contributed by atoms with Crippen molar-refractivity contribution < 1.29 is 37.0 Å². The summed E-state index contributed by atoms with van der Waals surface area (Å²) in [7, 11) is 0. The molecule has 8 heterocycles. The number of nitrogens with one attached hydrogen (secondary N) is 3. The summed E-state index contributed by atoms with van der Waals surface area (Å²) in [6, 6.07) is 9.44. The predicted octanol–water partition coefficient (Wildman–Crippen LogP) is 4.61. The Morgan fingerprint density at radius 3 is 2.63 bits per heavy atom. The maximum atomic E-state index is 15.5. The van der Waals surface area contributed by atoms with Crippen LogP contribution in [0.5, 0.6) is 0 Å². The van der Waals surface area contributed by atoms with Crippen LogP contribution in [0.25, 0.3) is 5.65 Å². The molecular weight excluding hydrogens is 808 g/mol. The number of hydrogen-bond donors (Lipinski definition) is 3. The van der Waals surface area contributed by atoms with Gasteiger partial charge in [0, 0.05) is 75.4 Å². The number of fused-ring (bicyclic) bond motifs is 3. The first-order valence-electron chi connectivity index (χ1n) is 21.9. The zero-order valence-electron chi connectivity index (χ0n) is 34.4. The van der Waals surface area contributed by atoms with Crippen LogP contribution in [0, 0.1) is 11.8 Å².